The molecule has 82 valence electrons. The van der Waals surface area contributed by atoms with Crippen LogP contribution in [0.5, 0.6) is 0 Å². The van der Waals surface area contributed by atoms with Crippen molar-refractivity contribution in [2.75, 3.05) is 0 Å². The summed E-state index contributed by atoms with van der Waals surface area (Å²) in [5.41, 5.74) is -0.226. The maximum Gasteiger partial charge on any atom is 0.283 e. The van der Waals surface area contributed by atoms with E-state index in [1.54, 1.807) is 31.4 Å². The average molecular weight is 236 g/mol. The van der Waals surface area contributed by atoms with Crippen molar-refractivity contribution in [3.8, 4) is 0 Å². The predicted molar refractivity (Wildman–Crippen MR) is 60.0 cm³/mol. The van der Waals surface area contributed by atoms with Gasteiger partial charge in [0.05, 0.1) is 0 Å². The highest BCUT2D eigenvalue weighted by Gasteiger charge is 2.08. The second kappa shape index (κ2) is 4.49. The van der Waals surface area contributed by atoms with Crippen LogP contribution in [-0.4, -0.2) is 9.55 Å². The quantitative estimate of drug-likeness (QED) is 0.800. The van der Waals surface area contributed by atoms with Crippen molar-refractivity contribution in [3.05, 3.63) is 52.8 Å². The van der Waals surface area contributed by atoms with Crippen molar-refractivity contribution in [2.24, 2.45) is 7.05 Å². The van der Waals surface area contributed by atoms with Crippen LogP contribution in [0.2, 0.25) is 0 Å². The number of aromatic nitrogens is 2. The fourth-order valence-electron chi connectivity index (χ4n) is 1.18. The van der Waals surface area contributed by atoms with E-state index in [-0.39, 0.29) is 16.4 Å². The second-order valence-electron chi connectivity index (χ2n) is 3.18. The molecule has 0 aliphatic heterocycles. The summed E-state index contributed by atoms with van der Waals surface area (Å²) >= 11 is 1.04. The molecule has 0 N–H and O–H groups in total. The number of nitrogens with zero attached hydrogens (tertiary/aromatic N) is 2. The Balaban J connectivity index is 2.39. The van der Waals surface area contributed by atoms with E-state index in [9.17, 15) is 9.18 Å². The van der Waals surface area contributed by atoms with Gasteiger partial charge >= 0.3 is 0 Å². The first-order chi connectivity index (χ1) is 7.68. The summed E-state index contributed by atoms with van der Waals surface area (Å²) in [6, 6.07) is 6.30. The van der Waals surface area contributed by atoms with Crippen LogP contribution < -0.4 is 5.56 Å². The Labute approximate surface area is 96.0 Å². The van der Waals surface area contributed by atoms with E-state index in [1.807, 2.05) is 0 Å². The number of hydrogen-bond donors (Lipinski definition) is 0. The minimum absolute atomic E-state index is 0.226. The molecule has 0 fully saturated rings. The van der Waals surface area contributed by atoms with Crippen LogP contribution >= 0.6 is 11.8 Å². The summed E-state index contributed by atoms with van der Waals surface area (Å²) in [5, 5.41) is 0.273. The molecule has 0 unspecified atom stereocenters. The van der Waals surface area contributed by atoms with Crippen molar-refractivity contribution in [1.82, 2.24) is 9.55 Å². The maximum absolute atomic E-state index is 13.4. The first-order valence-electron chi connectivity index (χ1n) is 4.62. The third-order valence-electron chi connectivity index (χ3n) is 2.03. The van der Waals surface area contributed by atoms with Crippen molar-refractivity contribution in [2.45, 2.75) is 9.92 Å². The zero-order chi connectivity index (χ0) is 11.5. The molecule has 0 aliphatic carbocycles. The van der Waals surface area contributed by atoms with Gasteiger partial charge in [-0.15, -0.1) is 0 Å². The van der Waals surface area contributed by atoms with E-state index < -0.39 is 0 Å². The third-order valence-corrected chi connectivity index (χ3v) is 3.05. The van der Waals surface area contributed by atoms with Crippen molar-refractivity contribution >= 4 is 11.8 Å². The van der Waals surface area contributed by atoms with Gasteiger partial charge in [-0.3, -0.25) is 4.79 Å². The summed E-state index contributed by atoms with van der Waals surface area (Å²) in [5.74, 6) is -0.347. The SMILES string of the molecule is Cn1ccnc(Sc2ccccc2F)c1=O. The fraction of sp³-hybridized carbons (Fsp3) is 0.0909. The molecule has 0 bridgehead atoms. The molecule has 3 nitrogen and oxygen atoms in total. The molecule has 0 radical (unpaired) electrons. The highest BCUT2D eigenvalue weighted by molar-refractivity contribution is 7.99. The molecule has 0 spiro atoms. The van der Waals surface area contributed by atoms with E-state index in [1.165, 1.54) is 16.8 Å². The largest absolute Gasteiger partial charge is 0.315 e. The number of halogens is 1. The Morgan fingerprint density at radius 3 is 2.88 bits per heavy atom. The van der Waals surface area contributed by atoms with Crippen LogP contribution in [0.25, 0.3) is 0 Å². The van der Waals surface area contributed by atoms with Gasteiger partial charge in [0, 0.05) is 24.3 Å². The Kier molecular flexibility index (Phi) is 3.05. The zero-order valence-corrected chi connectivity index (χ0v) is 9.37. The lowest BCUT2D eigenvalue weighted by atomic mass is 10.3. The molecule has 1 aromatic heterocycles. The van der Waals surface area contributed by atoms with Crippen LogP contribution in [0.3, 0.4) is 0 Å². The number of aryl methyl sites for hydroxylation is 1. The van der Waals surface area contributed by atoms with Crippen LogP contribution in [0, 0.1) is 5.82 Å². The Bertz CT molecular complexity index is 568. The zero-order valence-electron chi connectivity index (χ0n) is 8.55. The highest BCUT2D eigenvalue weighted by Crippen LogP contribution is 2.25. The number of hydrogen-bond acceptors (Lipinski definition) is 3. The van der Waals surface area contributed by atoms with E-state index >= 15 is 0 Å². The fourth-order valence-corrected chi connectivity index (χ4v) is 2.04. The molecular weight excluding hydrogens is 227 g/mol. The summed E-state index contributed by atoms with van der Waals surface area (Å²) in [6.45, 7) is 0. The minimum Gasteiger partial charge on any atom is -0.315 e. The van der Waals surface area contributed by atoms with Gasteiger partial charge in [-0.25, -0.2) is 9.37 Å². The summed E-state index contributed by atoms with van der Waals surface area (Å²) in [7, 11) is 1.63. The topological polar surface area (TPSA) is 34.9 Å². The van der Waals surface area contributed by atoms with Gasteiger partial charge in [-0.2, -0.15) is 0 Å². The van der Waals surface area contributed by atoms with Gasteiger partial charge in [0.15, 0.2) is 5.03 Å². The monoisotopic (exact) mass is 236 g/mol. The molecule has 0 aliphatic rings. The lowest BCUT2D eigenvalue weighted by Gasteiger charge is -2.02. The number of benzene rings is 1. The first-order valence-corrected chi connectivity index (χ1v) is 5.44. The molecule has 5 heteroatoms. The highest BCUT2D eigenvalue weighted by atomic mass is 32.2. The standard InChI is InChI=1S/C11H9FN2OS/c1-14-7-6-13-10(11(14)15)16-9-5-3-2-4-8(9)12/h2-7H,1H3. The predicted octanol–water partition coefficient (Wildman–Crippen LogP) is 2.07. The van der Waals surface area contributed by atoms with Crippen molar-refractivity contribution in [3.63, 3.8) is 0 Å². The molecule has 1 aromatic carbocycles. The number of rotatable bonds is 2. The van der Waals surface area contributed by atoms with Crippen molar-refractivity contribution in [1.29, 1.82) is 0 Å². The molecule has 2 aromatic rings. The molecule has 16 heavy (non-hydrogen) atoms. The van der Waals surface area contributed by atoms with E-state index in [4.69, 9.17) is 0 Å². The molecular formula is C11H9FN2OS. The maximum atomic E-state index is 13.4. The molecule has 2 rings (SSSR count). The van der Waals surface area contributed by atoms with Crippen LogP contribution in [0.15, 0.2) is 51.4 Å². The molecule has 0 saturated carbocycles. The van der Waals surface area contributed by atoms with Gasteiger partial charge in [0.2, 0.25) is 0 Å². The van der Waals surface area contributed by atoms with Crippen LogP contribution in [-0.2, 0) is 7.05 Å². The minimum atomic E-state index is -0.347. The molecule has 0 saturated heterocycles. The van der Waals surface area contributed by atoms with Crippen LogP contribution in [0.4, 0.5) is 4.39 Å². The van der Waals surface area contributed by atoms with Gasteiger partial charge in [-0.05, 0) is 12.1 Å². The average Bonchev–Trinajstić information content (AvgIpc) is 2.28. The van der Waals surface area contributed by atoms with Crippen molar-refractivity contribution < 1.29 is 4.39 Å². The normalized spacial score (nSPS) is 10.4. The lowest BCUT2D eigenvalue weighted by Crippen LogP contribution is -2.18. The molecule has 0 amide bonds. The Hall–Kier alpha value is -1.62. The molecule has 0 atom stereocenters. The summed E-state index contributed by atoms with van der Waals surface area (Å²) < 4.78 is 14.8. The Morgan fingerprint density at radius 2 is 2.12 bits per heavy atom. The van der Waals surface area contributed by atoms with Gasteiger partial charge in [0.1, 0.15) is 5.82 Å². The van der Waals surface area contributed by atoms with Crippen LogP contribution in [0.1, 0.15) is 0 Å². The van der Waals surface area contributed by atoms with Gasteiger partial charge < -0.3 is 4.57 Å². The summed E-state index contributed by atoms with van der Waals surface area (Å²) in [4.78, 5) is 16.0. The smallest absolute Gasteiger partial charge is 0.283 e. The lowest BCUT2D eigenvalue weighted by molar-refractivity contribution is 0.601. The van der Waals surface area contributed by atoms with Gasteiger partial charge in [-0.1, -0.05) is 23.9 Å². The van der Waals surface area contributed by atoms with E-state index in [0.29, 0.717) is 4.90 Å². The van der Waals surface area contributed by atoms with E-state index in [0.717, 1.165) is 11.8 Å². The first kappa shape index (κ1) is 10.9. The Morgan fingerprint density at radius 1 is 1.38 bits per heavy atom. The third kappa shape index (κ3) is 2.14. The molecule has 1 heterocycles. The second-order valence-corrected chi connectivity index (χ2v) is 4.21. The summed E-state index contributed by atoms with van der Waals surface area (Å²) in [6.07, 6.45) is 3.08. The van der Waals surface area contributed by atoms with E-state index in [2.05, 4.69) is 4.98 Å². The van der Waals surface area contributed by atoms with Gasteiger partial charge in [0.25, 0.3) is 5.56 Å².